The van der Waals surface area contributed by atoms with Gasteiger partial charge in [-0.1, -0.05) is 25.5 Å². The summed E-state index contributed by atoms with van der Waals surface area (Å²) in [6.45, 7) is 5.92. The van der Waals surface area contributed by atoms with Gasteiger partial charge in [-0.3, -0.25) is 0 Å². The summed E-state index contributed by atoms with van der Waals surface area (Å²) in [5.41, 5.74) is 1.18. The van der Waals surface area contributed by atoms with E-state index < -0.39 is 10.0 Å². The van der Waals surface area contributed by atoms with E-state index in [4.69, 9.17) is 0 Å². The SMILES string of the molecule is CCCc1ccc(S(=O)(=O)NC(C)C2CCNC2)cc1. The van der Waals surface area contributed by atoms with E-state index in [1.165, 1.54) is 5.56 Å². The lowest BCUT2D eigenvalue weighted by Crippen LogP contribution is -2.38. The van der Waals surface area contributed by atoms with E-state index in [2.05, 4.69) is 17.0 Å². The molecule has 2 unspecified atom stereocenters. The van der Waals surface area contributed by atoms with Gasteiger partial charge in [-0.05, 0) is 56.5 Å². The van der Waals surface area contributed by atoms with Gasteiger partial charge in [-0.25, -0.2) is 13.1 Å². The minimum absolute atomic E-state index is 0.0367. The molecule has 1 saturated heterocycles. The van der Waals surface area contributed by atoms with Crippen LogP contribution in [0.15, 0.2) is 29.2 Å². The lowest BCUT2D eigenvalue weighted by molar-refractivity contribution is 0.444. The molecule has 5 heteroatoms. The molecule has 20 heavy (non-hydrogen) atoms. The van der Waals surface area contributed by atoms with Crippen molar-refractivity contribution in [1.82, 2.24) is 10.0 Å². The van der Waals surface area contributed by atoms with Crippen LogP contribution in [0.1, 0.15) is 32.3 Å². The number of aryl methyl sites for hydroxylation is 1. The average molecular weight is 296 g/mol. The molecule has 1 aromatic carbocycles. The van der Waals surface area contributed by atoms with Crippen molar-refractivity contribution in [3.05, 3.63) is 29.8 Å². The topological polar surface area (TPSA) is 58.2 Å². The Hall–Kier alpha value is -0.910. The summed E-state index contributed by atoms with van der Waals surface area (Å²) in [6.07, 6.45) is 3.08. The molecule has 0 bridgehead atoms. The quantitative estimate of drug-likeness (QED) is 0.843. The number of hydrogen-bond acceptors (Lipinski definition) is 3. The lowest BCUT2D eigenvalue weighted by Gasteiger charge is -2.19. The first kappa shape index (κ1) is 15.5. The van der Waals surface area contributed by atoms with Gasteiger partial charge < -0.3 is 5.32 Å². The first-order valence-electron chi connectivity index (χ1n) is 7.35. The molecule has 0 spiro atoms. The van der Waals surface area contributed by atoms with Crippen LogP contribution >= 0.6 is 0 Å². The van der Waals surface area contributed by atoms with E-state index in [-0.39, 0.29) is 6.04 Å². The second kappa shape index (κ2) is 6.70. The summed E-state index contributed by atoms with van der Waals surface area (Å²) in [6, 6.07) is 7.17. The van der Waals surface area contributed by atoms with Crippen molar-refractivity contribution in [2.75, 3.05) is 13.1 Å². The van der Waals surface area contributed by atoms with Gasteiger partial charge in [0.1, 0.15) is 0 Å². The Bertz CT molecular complexity index is 519. The molecule has 0 amide bonds. The Morgan fingerprint density at radius 2 is 2.05 bits per heavy atom. The normalized spacial score (nSPS) is 21.0. The van der Waals surface area contributed by atoms with Gasteiger partial charge in [-0.2, -0.15) is 0 Å². The highest BCUT2D eigenvalue weighted by atomic mass is 32.2. The van der Waals surface area contributed by atoms with Crippen LogP contribution in [0.25, 0.3) is 0 Å². The van der Waals surface area contributed by atoms with Crippen molar-refractivity contribution in [1.29, 1.82) is 0 Å². The molecule has 0 radical (unpaired) electrons. The maximum Gasteiger partial charge on any atom is 0.240 e. The summed E-state index contributed by atoms with van der Waals surface area (Å²) in [5, 5.41) is 3.27. The summed E-state index contributed by atoms with van der Waals surface area (Å²) in [5.74, 6) is 0.379. The summed E-state index contributed by atoms with van der Waals surface area (Å²) >= 11 is 0. The van der Waals surface area contributed by atoms with E-state index in [1.807, 2.05) is 19.1 Å². The molecule has 1 aliphatic rings. The van der Waals surface area contributed by atoms with Gasteiger partial charge in [0.25, 0.3) is 0 Å². The fourth-order valence-electron chi connectivity index (χ4n) is 2.64. The zero-order valence-corrected chi connectivity index (χ0v) is 13.0. The number of nitrogens with one attached hydrogen (secondary N) is 2. The van der Waals surface area contributed by atoms with Crippen LogP contribution < -0.4 is 10.0 Å². The standard InChI is InChI=1S/C15H24N2O2S/c1-3-4-13-5-7-15(8-6-13)20(18,19)17-12(2)14-9-10-16-11-14/h5-8,12,14,16-17H,3-4,9-11H2,1-2H3. The third kappa shape index (κ3) is 3.81. The smallest absolute Gasteiger partial charge is 0.240 e. The largest absolute Gasteiger partial charge is 0.316 e. The molecule has 4 nitrogen and oxygen atoms in total. The average Bonchev–Trinajstić information content (AvgIpc) is 2.93. The van der Waals surface area contributed by atoms with Crippen molar-refractivity contribution in [2.45, 2.75) is 44.0 Å². The third-order valence-corrected chi connectivity index (χ3v) is 5.49. The molecule has 0 aromatic heterocycles. The van der Waals surface area contributed by atoms with Gasteiger partial charge in [0, 0.05) is 6.04 Å². The van der Waals surface area contributed by atoms with Gasteiger partial charge in [-0.15, -0.1) is 0 Å². The molecule has 2 N–H and O–H groups in total. The van der Waals surface area contributed by atoms with Crippen LogP contribution in [0.2, 0.25) is 0 Å². The van der Waals surface area contributed by atoms with Gasteiger partial charge in [0.2, 0.25) is 10.0 Å². The monoisotopic (exact) mass is 296 g/mol. The maximum absolute atomic E-state index is 12.3. The third-order valence-electron chi connectivity index (χ3n) is 3.92. The van der Waals surface area contributed by atoms with Gasteiger partial charge >= 0.3 is 0 Å². The lowest BCUT2D eigenvalue weighted by atomic mass is 10.0. The maximum atomic E-state index is 12.3. The number of hydrogen-bond donors (Lipinski definition) is 2. The van der Waals surface area contributed by atoms with E-state index in [1.54, 1.807) is 12.1 Å². The molecule has 1 aliphatic heterocycles. The molecule has 112 valence electrons. The van der Waals surface area contributed by atoms with Crippen LogP contribution in [0.5, 0.6) is 0 Å². The predicted octanol–water partition coefficient (Wildman–Crippen LogP) is 1.92. The molecule has 0 aliphatic carbocycles. The van der Waals surface area contributed by atoms with Crippen molar-refractivity contribution in [3.63, 3.8) is 0 Å². The minimum atomic E-state index is -3.41. The summed E-state index contributed by atoms with van der Waals surface area (Å²) in [4.78, 5) is 0.357. The van der Waals surface area contributed by atoms with Gasteiger partial charge in [0.15, 0.2) is 0 Å². The molecule has 1 aromatic rings. The molecular weight excluding hydrogens is 272 g/mol. The summed E-state index contributed by atoms with van der Waals surface area (Å²) in [7, 11) is -3.41. The van der Waals surface area contributed by atoms with Gasteiger partial charge in [0.05, 0.1) is 4.90 Å². The highest BCUT2D eigenvalue weighted by Crippen LogP contribution is 2.17. The predicted molar refractivity (Wildman–Crippen MR) is 81.2 cm³/mol. The zero-order chi connectivity index (χ0) is 14.6. The number of benzene rings is 1. The second-order valence-electron chi connectivity index (χ2n) is 5.56. The minimum Gasteiger partial charge on any atom is -0.316 e. The molecule has 0 saturated carbocycles. The van der Waals surface area contributed by atoms with Crippen molar-refractivity contribution in [3.8, 4) is 0 Å². The molecular formula is C15H24N2O2S. The van der Waals surface area contributed by atoms with Crippen LogP contribution in [0.4, 0.5) is 0 Å². The Labute approximate surface area is 122 Å². The van der Waals surface area contributed by atoms with E-state index in [9.17, 15) is 8.42 Å². The molecule has 2 rings (SSSR count). The zero-order valence-electron chi connectivity index (χ0n) is 12.2. The van der Waals surface area contributed by atoms with Crippen molar-refractivity contribution in [2.24, 2.45) is 5.92 Å². The molecule has 1 heterocycles. The number of rotatable bonds is 6. The Morgan fingerprint density at radius 1 is 1.35 bits per heavy atom. The fraction of sp³-hybridized carbons (Fsp3) is 0.600. The first-order valence-corrected chi connectivity index (χ1v) is 8.83. The second-order valence-corrected chi connectivity index (χ2v) is 7.27. The van der Waals surface area contributed by atoms with Crippen LogP contribution in [0, 0.1) is 5.92 Å². The highest BCUT2D eigenvalue weighted by Gasteiger charge is 2.25. The van der Waals surface area contributed by atoms with E-state index >= 15 is 0 Å². The molecule has 1 fully saturated rings. The Balaban J connectivity index is 2.05. The Morgan fingerprint density at radius 3 is 2.60 bits per heavy atom. The first-order chi connectivity index (χ1) is 9.53. The van der Waals surface area contributed by atoms with Crippen molar-refractivity contribution >= 4 is 10.0 Å². The fourth-order valence-corrected chi connectivity index (χ4v) is 3.95. The highest BCUT2D eigenvalue weighted by molar-refractivity contribution is 7.89. The van der Waals surface area contributed by atoms with E-state index in [0.717, 1.165) is 32.4 Å². The summed E-state index contributed by atoms with van der Waals surface area (Å²) < 4.78 is 27.5. The number of sulfonamides is 1. The van der Waals surface area contributed by atoms with E-state index in [0.29, 0.717) is 10.8 Å². The molecule has 2 atom stereocenters. The Kier molecular flexibility index (Phi) is 5.18. The van der Waals surface area contributed by atoms with Crippen LogP contribution in [-0.4, -0.2) is 27.5 Å². The van der Waals surface area contributed by atoms with Crippen molar-refractivity contribution < 1.29 is 8.42 Å². The van der Waals surface area contributed by atoms with Crippen LogP contribution in [-0.2, 0) is 16.4 Å². The van der Waals surface area contributed by atoms with Crippen LogP contribution in [0.3, 0.4) is 0 Å².